The zero-order valence-corrected chi connectivity index (χ0v) is 28.7. The van der Waals surface area contributed by atoms with Crippen LogP contribution in [-0.2, 0) is 25.4 Å². The van der Waals surface area contributed by atoms with Crippen molar-refractivity contribution >= 4 is 69.9 Å². The molecule has 0 spiro atoms. The van der Waals surface area contributed by atoms with Crippen LogP contribution in [0.5, 0.6) is 11.5 Å². The Labute approximate surface area is 302 Å². The number of rotatable bonds is 5. The summed E-state index contributed by atoms with van der Waals surface area (Å²) in [6, 6.07) is 10.3. The first kappa shape index (κ1) is 35.0. The van der Waals surface area contributed by atoms with Crippen LogP contribution in [0.25, 0.3) is 0 Å². The van der Waals surface area contributed by atoms with Crippen molar-refractivity contribution in [1.82, 2.24) is 9.99 Å². The molecule has 51 heavy (non-hydrogen) atoms. The van der Waals surface area contributed by atoms with Crippen LogP contribution in [0.2, 0.25) is 5.02 Å². The largest absolute Gasteiger partial charge is 0.504 e. The average molecular weight is 768 g/mol. The number of methoxy groups -OCH3 is 1. The van der Waals surface area contributed by atoms with E-state index < -0.39 is 87.0 Å². The van der Waals surface area contributed by atoms with Crippen LogP contribution >= 0.6 is 34.8 Å². The van der Waals surface area contributed by atoms with E-state index in [2.05, 4.69) is 4.98 Å². The van der Waals surface area contributed by atoms with Gasteiger partial charge in [0.25, 0.3) is 23.6 Å². The second-order valence-corrected chi connectivity index (χ2v) is 14.3. The van der Waals surface area contributed by atoms with Gasteiger partial charge in [-0.15, -0.1) is 23.2 Å². The second kappa shape index (κ2) is 11.8. The van der Waals surface area contributed by atoms with E-state index >= 15 is 0 Å². The number of benzene rings is 2. The predicted octanol–water partition coefficient (Wildman–Crippen LogP) is 6.22. The van der Waals surface area contributed by atoms with Crippen LogP contribution in [-0.4, -0.2) is 62.6 Å². The van der Waals surface area contributed by atoms with Gasteiger partial charge in [0.15, 0.2) is 27.1 Å². The molecule has 17 heteroatoms. The van der Waals surface area contributed by atoms with Crippen molar-refractivity contribution < 1.29 is 46.6 Å². The van der Waals surface area contributed by atoms with E-state index in [1.807, 2.05) is 0 Å². The SMILES string of the molecule is COc1cc(C2C3=CCC4C(=O)N(N(C)c5nc(C(F)(F)F)ccc5Cl)C(=O)C4C3CC3(Cl)C(=O)N(c4ccc(F)cc4)C(=O)C23Cl)ccc1O. The quantitative estimate of drug-likeness (QED) is 0.141. The Bertz CT molecular complexity index is 2070. The molecule has 3 heterocycles. The Hall–Kier alpha value is -4.40. The number of hydrogen-bond donors (Lipinski definition) is 1. The molecule has 6 unspecified atom stereocenters. The third-order valence-corrected chi connectivity index (χ3v) is 11.8. The number of hydrazine groups is 1. The molecule has 0 radical (unpaired) electrons. The zero-order valence-electron chi connectivity index (χ0n) is 26.4. The third kappa shape index (κ3) is 4.93. The van der Waals surface area contributed by atoms with Crippen molar-refractivity contribution in [1.29, 1.82) is 0 Å². The Morgan fingerprint density at radius 2 is 1.67 bits per heavy atom. The Morgan fingerprint density at radius 3 is 2.31 bits per heavy atom. The molecule has 1 saturated carbocycles. The molecular weight excluding hydrogens is 743 g/mol. The second-order valence-electron chi connectivity index (χ2n) is 12.7. The lowest BCUT2D eigenvalue weighted by molar-refractivity contribution is -0.141. The molecule has 266 valence electrons. The molecule has 3 fully saturated rings. The minimum absolute atomic E-state index is 0.00176. The number of halogens is 7. The third-order valence-electron chi connectivity index (χ3n) is 10.1. The van der Waals surface area contributed by atoms with E-state index in [9.17, 15) is 41.8 Å². The van der Waals surface area contributed by atoms with Crippen LogP contribution in [0.3, 0.4) is 0 Å². The molecule has 10 nitrogen and oxygen atoms in total. The van der Waals surface area contributed by atoms with Crippen LogP contribution in [0.1, 0.15) is 30.0 Å². The maximum Gasteiger partial charge on any atom is 0.433 e. The first-order valence-electron chi connectivity index (χ1n) is 15.4. The topological polar surface area (TPSA) is 120 Å². The van der Waals surface area contributed by atoms with Crippen LogP contribution in [0.4, 0.5) is 29.1 Å². The maximum absolute atomic E-state index is 14.5. The number of fused-ring (bicyclic) bond motifs is 4. The number of imide groups is 2. The number of phenols is 1. The smallest absolute Gasteiger partial charge is 0.433 e. The van der Waals surface area contributed by atoms with Gasteiger partial charge in [-0.2, -0.15) is 18.2 Å². The number of hydrogen-bond acceptors (Lipinski definition) is 8. The molecule has 4 aliphatic rings. The summed E-state index contributed by atoms with van der Waals surface area (Å²) in [5, 5.41) is 11.7. The summed E-state index contributed by atoms with van der Waals surface area (Å²) < 4.78 is 59.9. The maximum atomic E-state index is 14.5. The van der Waals surface area contributed by atoms with Gasteiger partial charge in [0.05, 0.1) is 29.7 Å². The van der Waals surface area contributed by atoms with Gasteiger partial charge in [0, 0.05) is 13.0 Å². The monoisotopic (exact) mass is 766 g/mol. The number of aromatic hydroxyl groups is 1. The molecule has 6 atom stereocenters. The number of carbonyl (C=O) groups is 4. The van der Waals surface area contributed by atoms with Gasteiger partial charge in [-0.1, -0.05) is 29.3 Å². The lowest BCUT2D eigenvalue weighted by Crippen LogP contribution is -2.60. The first-order chi connectivity index (χ1) is 23.9. The average Bonchev–Trinajstić information content (AvgIpc) is 3.42. The zero-order chi connectivity index (χ0) is 36.9. The van der Waals surface area contributed by atoms with Crippen molar-refractivity contribution in [2.24, 2.45) is 17.8 Å². The number of amides is 4. The molecular formula is C34H25Cl3F4N4O6. The van der Waals surface area contributed by atoms with Crippen LogP contribution in [0.15, 0.2) is 66.2 Å². The summed E-state index contributed by atoms with van der Waals surface area (Å²) in [7, 11) is 2.48. The number of carbonyl (C=O) groups excluding carboxylic acids is 4. The summed E-state index contributed by atoms with van der Waals surface area (Å²) in [6.07, 6.45) is -3.65. The lowest BCUT2D eigenvalue weighted by atomic mass is 9.56. The van der Waals surface area contributed by atoms with E-state index in [0.717, 1.165) is 28.1 Å². The Balaban J connectivity index is 1.36. The summed E-state index contributed by atoms with van der Waals surface area (Å²) in [5.74, 6) is -9.30. The highest BCUT2D eigenvalue weighted by atomic mass is 35.5. The summed E-state index contributed by atoms with van der Waals surface area (Å²) in [4.78, 5) is 57.0. The number of alkyl halides is 5. The van der Waals surface area contributed by atoms with Gasteiger partial charge >= 0.3 is 6.18 Å². The van der Waals surface area contributed by atoms with Crippen LogP contribution < -0.4 is 14.6 Å². The molecule has 7 rings (SSSR count). The number of nitrogens with zero attached hydrogens (tertiary/aromatic N) is 4. The molecule has 3 aromatic rings. The Morgan fingerprint density at radius 1 is 0.980 bits per heavy atom. The minimum Gasteiger partial charge on any atom is -0.504 e. The summed E-state index contributed by atoms with van der Waals surface area (Å²) in [6.45, 7) is 0. The van der Waals surface area contributed by atoms with Gasteiger partial charge in [0.2, 0.25) is 0 Å². The number of anilines is 2. The minimum atomic E-state index is -4.85. The predicted molar refractivity (Wildman–Crippen MR) is 176 cm³/mol. The molecule has 0 bridgehead atoms. The molecule has 1 N–H and O–H groups in total. The molecule has 1 aromatic heterocycles. The first-order valence-corrected chi connectivity index (χ1v) is 16.5. The molecule has 2 aliphatic heterocycles. The molecule has 2 aliphatic carbocycles. The lowest BCUT2D eigenvalue weighted by Gasteiger charge is -2.50. The van der Waals surface area contributed by atoms with Crippen molar-refractivity contribution in [3.8, 4) is 11.5 Å². The van der Waals surface area contributed by atoms with Gasteiger partial charge in [-0.25, -0.2) is 14.3 Å². The van der Waals surface area contributed by atoms with Gasteiger partial charge in [-0.05, 0) is 72.9 Å². The highest BCUT2D eigenvalue weighted by Crippen LogP contribution is 2.66. The van der Waals surface area contributed by atoms with Crippen molar-refractivity contribution in [2.45, 2.75) is 34.7 Å². The van der Waals surface area contributed by atoms with Gasteiger partial charge in [-0.3, -0.25) is 24.2 Å². The van der Waals surface area contributed by atoms with Gasteiger partial charge in [0.1, 0.15) is 11.5 Å². The molecule has 4 amide bonds. The number of ether oxygens (including phenoxy) is 1. The van der Waals surface area contributed by atoms with Crippen molar-refractivity contribution in [3.05, 3.63) is 88.3 Å². The standard InChI is InChI=1S/C34H25Cl3F4N4O6/c1-43(27-21(35)10-12-24(42-27)34(39,40)41)45-28(47)19-9-8-18-20(25(19)29(45)48)14-32(36)30(49)44(17-6-4-16(38)5-7-17)31(50)33(32,37)26(18)15-3-11-22(46)23(13-15)51-2/h3-8,10-13,19-20,25-26,46H,9,14H2,1-2H3. The van der Waals surface area contributed by atoms with E-state index in [1.54, 1.807) is 6.08 Å². The summed E-state index contributed by atoms with van der Waals surface area (Å²) in [5.41, 5.74) is -0.625. The van der Waals surface area contributed by atoms with Crippen LogP contribution in [0, 0.1) is 23.6 Å². The number of phenolic OH excluding ortho intramolecular Hbond substituents is 1. The molecule has 2 aromatic carbocycles. The summed E-state index contributed by atoms with van der Waals surface area (Å²) >= 11 is 20.9. The fraction of sp³-hybridized carbons (Fsp3) is 0.324. The van der Waals surface area contributed by atoms with Gasteiger partial charge < -0.3 is 9.84 Å². The van der Waals surface area contributed by atoms with E-state index in [0.29, 0.717) is 16.6 Å². The number of aromatic nitrogens is 1. The normalized spacial score (nSPS) is 28.8. The Kier molecular flexibility index (Phi) is 8.12. The fourth-order valence-corrected chi connectivity index (χ4v) is 9.00. The van der Waals surface area contributed by atoms with E-state index in [-0.39, 0.29) is 34.2 Å². The van der Waals surface area contributed by atoms with Crippen molar-refractivity contribution in [3.63, 3.8) is 0 Å². The molecule has 2 saturated heterocycles. The van der Waals surface area contributed by atoms with E-state index in [1.165, 1.54) is 44.5 Å². The fourth-order valence-electron chi connectivity index (χ4n) is 7.84. The number of allylic oxidation sites excluding steroid dienone is 2. The van der Waals surface area contributed by atoms with E-state index in [4.69, 9.17) is 39.5 Å². The number of pyridine rings is 1. The highest BCUT2D eigenvalue weighted by Gasteiger charge is 2.76. The highest BCUT2D eigenvalue weighted by molar-refractivity contribution is 6.58. The van der Waals surface area contributed by atoms with Crippen molar-refractivity contribution in [2.75, 3.05) is 24.1 Å².